The van der Waals surface area contributed by atoms with E-state index in [1.807, 2.05) is 0 Å². The number of phenolic OH excluding ortho intramolecular Hbond substituents is 5. The maximum atomic E-state index is 12.5. The molecule has 3 aromatic carbocycles. The third kappa shape index (κ3) is 10.1. The summed E-state index contributed by atoms with van der Waals surface area (Å²) in [5.41, 5.74) is 0.124. The average molecular weight is 920 g/mol. The number of esters is 1. The van der Waals surface area contributed by atoms with E-state index in [-0.39, 0.29) is 28.0 Å². The third-order valence-corrected chi connectivity index (χ3v) is 10.9. The van der Waals surface area contributed by atoms with Crippen molar-refractivity contribution in [2.45, 2.75) is 99.0 Å². The Morgan fingerprint density at radius 3 is 1.78 bits per heavy atom. The first-order valence-electron chi connectivity index (χ1n) is 19.9. The van der Waals surface area contributed by atoms with Gasteiger partial charge in [0.1, 0.15) is 96.4 Å². The summed E-state index contributed by atoms with van der Waals surface area (Å²) >= 11 is 0. The van der Waals surface area contributed by atoms with Crippen molar-refractivity contribution in [3.63, 3.8) is 0 Å². The number of hydrogen-bond donors (Lipinski definition) is 14. The zero-order valence-electron chi connectivity index (χ0n) is 33.9. The van der Waals surface area contributed by atoms with Gasteiger partial charge in [0, 0.05) is 30.3 Å². The number of aliphatic hydroxyl groups is 9. The van der Waals surface area contributed by atoms with E-state index >= 15 is 0 Å². The second-order valence-electron chi connectivity index (χ2n) is 15.5. The van der Waals surface area contributed by atoms with E-state index in [4.69, 9.17) is 37.6 Å². The van der Waals surface area contributed by atoms with E-state index in [1.54, 1.807) is 0 Å². The smallest absolute Gasteiger partial charge is 0.402 e. The van der Waals surface area contributed by atoms with Crippen molar-refractivity contribution in [1.29, 1.82) is 0 Å². The van der Waals surface area contributed by atoms with Crippen LogP contribution in [0.4, 0.5) is 0 Å². The van der Waals surface area contributed by atoms with Crippen LogP contribution in [0.3, 0.4) is 0 Å². The minimum atomic E-state index is -2.02. The SMILES string of the molecule is CC1O[C@@H](OCC2O[C@@H](Oc3cc4c(O[C@@H]5OC(COC(=O)/C=C/c6ccc(O)cc6)[C@@H](O)[C@H](O)C5O)cc(O)cc4[o+]c3-c3cc(O)c(O)c(O)c3)C(O)C(O)[C@@H]2O)C(O)[C@@H](O)[C@H]1O. The van der Waals surface area contributed by atoms with Gasteiger partial charge in [0.2, 0.25) is 18.3 Å². The highest BCUT2D eigenvalue weighted by Crippen LogP contribution is 2.45. The molecular formula is C42H47O23+. The molecule has 3 aliphatic heterocycles. The number of ether oxygens (including phenoxy) is 7. The van der Waals surface area contributed by atoms with Gasteiger partial charge in [-0.15, -0.1) is 0 Å². The van der Waals surface area contributed by atoms with Crippen molar-refractivity contribution in [3.8, 4) is 51.6 Å². The van der Waals surface area contributed by atoms with Crippen molar-refractivity contribution in [2.24, 2.45) is 0 Å². The summed E-state index contributed by atoms with van der Waals surface area (Å²) in [5, 5.41) is 147. The van der Waals surface area contributed by atoms with Gasteiger partial charge in [-0.05, 0) is 30.7 Å². The van der Waals surface area contributed by atoms with Gasteiger partial charge < -0.3 is 105 Å². The van der Waals surface area contributed by atoms with Crippen LogP contribution in [-0.2, 0) is 28.5 Å². The first-order chi connectivity index (χ1) is 30.8. The van der Waals surface area contributed by atoms with E-state index in [9.17, 15) is 76.3 Å². The van der Waals surface area contributed by atoms with Gasteiger partial charge in [-0.3, -0.25) is 0 Å². The van der Waals surface area contributed by atoms with Gasteiger partial charge in [0.05, 0.1) is 24.3 Å². The molecule has 0 bridgehead atoms. The molecule has 15 atom stereocenters. The summed E-state index contributed by atoms with van der Waals surface area (Å²) in [6.45, 7) is 0.0944. The number of fused-ring (bicyclic) bond motifs is 1. The molecule has 4 aromatic rings. The topological polar surface area (TPSA) is 376 Å². The number of carbonyl (C=O) groups is 1. The molecule has 1 aromatic heterocycles. The zero-order valence-corrected chi connectivity index (χ0v) is 33.9. The third-order valence-electron chi connectivity index (χ3n) is 10.9. The average Bonchev–Trinajstić information content (AvgIpc) is 3.27. The number of rotatable bonds is 12. The van der Waals surface area contributed by atoms with Crippen LogP contribution in [0.1, 0.15) is 12.5 Å². The van der Waals surface area contributed by atoms with Crippen molar-refractivity contribution < 1.29 is 114 Å². The maximum absolute atomic E-state index is 12.5. The highest BCUT2D eigenvalue weighted by molar-refractivity contribution is 5.89. The molecule has 0 saturated carbocycles. The molecule has 23 nitrogen and oxygen atoms in total. The largest absolute Gasteiger partial charge is 0.508 e. The van der Waals surface area contributed by atoms with Crippen molar-refractivity contribution in [2.75, 3.05) is 13.2 Å². The fourth-order valence-corrected chi connectivity index (χ4v) is 7.15. The molecule has 3 saturated heterocycles. The fourth-order valence-electron chi connectivity index (χ4n) is 7.15. The van der Waals surface area contributed by atoms with Gasteiger partial charge >= 0.3 is 17.3 Å². The maximum Gasteiger partial charge on any atom is 0.402 e. The molecule has 7 rings (SSSR count). The first kappa shape index (κ1) is 47.3. The fraction of sp³-hybridized carbons (Fsp3) is 0.429. The van der Waals surface area contributed by atoms with E-state index in [2.05, 4.69) is 0 Å². The zero-order chi connectivity index (χ0) is 47.0. The van der Waals surface area contributed by atoms with Gasteiger partial charge in [-0.1, -0.05) is 12.1 Å². The minimum Gasteiger partial charge on any atom is -0.508 e. The van der Waals surface area contributed by atoms with Crippen LogP contribution < -0.4 is 9.47 Å². The molecule has 0 radical (unpaired) electrons. The molecule has 7 unspecified atom stereocenters. The molecule has 4 heterocycles. The number of aromatic hydroxyl groups is 5. The van der Waals surface area contributed by atoms with Crippen LogP contribution in [0.15, 0.2) is 65.1 Å². The molecule has 352 valence electrons. The van der Waals surface area contributed by atoms with Crippen LogP contribution in [0, 0.1) is 0 Å². The van der Waals surface area contributed by atoms with Gasteiger partial charge in [-0.2, -0.15) is 0 Å². The molecular weight excluding hydrogens is 872 g/mol. The summed E-state index contributed by atoms with van der Waals surface area (Å²) < 4.78 is 45.7. The lowest BCUT2D eigenvalue weighted by Crippen LogP contribution is -2.61. The van der Waals surface area contributed by atoms with Gasteiger partial charge in [0.15, 0.2) is 23.5 Å². The van der Waals surface area contributed by atoms with E-state index < -0.39 is 146 Å². The lowest BCUT2D eigenvalue weighted by atomic mass is 9.98. The quantitative estimate of drug-likeness (QED) is 0.0329. The Kier molecular flexibility index (Phi) is 14.2. The summed E-state index contributed by atoms with van der Waals surface area (Å²) in [4.78, 5) is 12.5. The van der Waals surface area contributed by atoms with Gasteiger partial charge in [-0.25, -0.2) is 9.21 Å². The molecule has 14 N–H and O–H groups in total. The molecule has 0 aliphatic carbocycles. The van der Waals surface area contributed by atoms with Crippen LogP contribution in [0.2, 0.25) is 0 Å². The lowest BCUT2D eigenvalue weighted by molar-refractivity contribution is -0.318. The number of phenols is 5. The van der Waals surface area contributed by atoms with Crippen LogP contribution in [-0.4, -0.2) is 183 Å². The highest BCUT2D eigenvalue weighted by Gasteiger charge is 2.49. The van der Waals surface area contributed by atoms with Crippen molar-refractivity contribution in [1.82, 2.24) is 0 Å². The second kappa shape index (κ2) is 19.4. The van der Waals surface area contributed by atoms with E-state index in [0.717, 1.165) is 36.4 Å². The lowest BCUT2D eigenvalue weighted by Gasteiger charge is -2.42. The Labute approximate surface area is 366 Å². The summed E-state index contributed by atoms with van der Waals surface area (Å²) in [6, 6.07) is 11.0. The molecule has 65 heavy (non-hydrogen) atoms. The normalized spacial score (nSPS) is 32.9. The Bertz CT molecular complexity index is 2320. The summed E-state index contributed by atoms with van der Waals surface area (Å²) in [6.07, 6.45) is -23.3. The monoisotopic (exact) mass is 919 g/mol. The molecule has 0 amide bonds. The van der Waals surface area contributed by atoms with Crippen LogP contribution >= 0.6 is 0 Å². The van der Waals surface area contributed by atoms with Crippen molar-refractivity contribution >= 4 is 23.0 Å². The Balaban J connectivity index is 1.17. The number of carbonyl (C=O) groups excluding carboxylic acids is 1. The van der Waals surface area contributed by atoms with E-state index in [1.165, 1.54) is 37.3 Å². The number of benzene rings is 3. The van der Waals surface area contributed by atoms with Crippen LogP contribution in [0.5, 0.6) is 40.2 Å². The first-order valence-corrected chi connectivity index (χ1v) is 19.9. The Morgan fingerprint density at radius 2 is 1.17 bits per heavy atom. The minimum absolute atomic E-state index is 0.0108. The summed E-state index contributed by atoms with van der Waals surface area (Å²) in [5.74, 6) is -5.13. The second-order valence-corrected chi connectivity index (χ2v) is 15.5. The van der Waals surface area contributed by atoms with Crippen molar-refractivity contribution in [3.05, 3.63) is 66.2 Å². The Morgan fingerprint density at radius 1 is 0.615 bits per heavy atom. The summed E-state index contributed by atoms with van der Waals surface area (Å²) in [7, 11) is 0. The highest BCUT2D eigenvalue weighted by atomic mass is 16.7. The molecule has 3 fully saturated rings. The van der Waals surface area contributed by atoms with Crippen LogP contribution in [0.25, 0.3) is 28.4 Å². The predicted octanol–water partition coefficient (Wildman–Crippen LogP) is -1.62. The predicted molar refractivity (Wildman–Crippen MR) is 214 cm³/mol. The molecule has 3 aliphatic rings. The standard InChI is InChI=1S/C42H46O23/c1-15-29(48)33(52)36(55)40(60-15)59-14-27-32(51)35(54)38(57)42(65-27)63-25-12-20-23(61-39(25)17-8-21(45)30(49)22(46)9-17)10-19(44)11-24(20)62-41-37(56)34(53)31(50)26(64-41)13-58-28(47)7-4-16-2-5-18(43)6-3-16/h2-12,15,26-27,29,31-38,40-42,48,50-57H,13-14H2,1H3,(H4-,43,44,45,46,47,49)/p+1/t15?,26?,27?,29-,31+,32+,33-,34-,35?,36?,37?,38?,40+,41+,42+/m0/s1. The Hall–Kier alpha value is -5.64. The molecule has 23 heteroatoms. The number of aliphatic hydroxyl groups excluding tert-OH is 9. The number of hydrogen-bond acceptors (Lipinski definition) is 22. The van der Waals surface area contributed by atoms with Gasteiger partial charge in [0.25, 0.3) is 0 Å². The van der Waals surface area contributed by atoms with E-state index in [0.29, 0.717) is 5.56 Å². The molecule has 0 spiro atoms.